The van der Waals surface area contributed by atoms with Gasteiger partial charge in [0.15, 0.2) is 0 Å². The number of hydrogen-bond donors (Lipinski definition) is 1. The molecular weight excluding hydrogens is 250 g/mol. The molecule has 0 saturated carbocycles. The molecule has 0 amide bonds. The molecule has 1 aliphatic rings. The van der Waals surface area contributed by atoms with Crippen LogP contribution in [0.25, 0.3) is 0 Å². The quantitative estimate of drug-likeness (QED) is 0.799. The van der Waals surface area contributed by atoms with Gasteiger partial charge < -0.3 is 14.8 Å². The summed E-state index contributed by atoms with van der Waals surface area (Å²) in [5, 5.41) is 4.08. The lowest BCUT2D eigenvalue weighted by atomic mass is 10.1. The molecule has 100 valence electrons. The van der Waals surface area contributed by atoms with Gasteiger partial charge in [-0.05, 0) is 43.9 Å². The number of nitrogens with one attached hydrogen (secondary N) is 1. The fourth-order valence-electron chi connectivity index (χ4n) is 2.24. The van der Waals surface area contributed by atoms with E-state index in [1.165, 1.54) is 12.8 Å². The second-order valence-corrected chi connectivity index (χ2v) is 4.99. The van der Waals surface area contributed by atoms with Crippen molar-refractivity contribution in [2.45, 2.75) is 31.8 Å². The van der Waals surface area contributed by atoms with E-state index in [4.69, 9.17) is 21.1 Å². The van der Waals surface area contributed by atoms with Gasteiger partial charge in [0.2, 0.25) is 0 Å². The number of benzene rings is 1. The number of anilines is 1. The van der Waals surface area contributed by atoms with Gasteiger partial charge >= 0.3 is 0 Å². The normalized spacial score (nSPS) is 18.9. The van der Waals surface area contributed by atoms with Gasteiger partial charge in [-0.3, -0.25) is 0 Å². The molecule has 1 N–H and O–H groups in total. The van der Waals surface area contributed by atoms with Crippen molar-refractivity contribution in [3.63, 3.8) is 0 Å². The van der Waals surface area contributed by atoms with Crippen molar-refractivity contribution in [3.05, 3.63) is 23.2 Å². The van der Waals surface area contributed by atoms with Crippen LogP contribution in [0.2, 0.25) is 5.02 Å². The van der Waals surface area contributed by atoms with Crippen LogP contribution in [-0.2, 0) is 4.74 Å². The molecule has 0 aromatic heterocycles. The van der Waals surface area contributed by atoms with Crippen molar-refractivity contribution < 1.29 is 9.47 Å². The van der Waals surface area contributed by atoms with Crippen molar-refractivity contribution in [1.29, 1.82) is 0 Å². The molecule has 2 rings (SSSR count). The Morgan fingerprint density at radius 3 is 3.11 bits per heavy atom. The van der Waals surface area contributed by atoms with E-state index < -0.39 is 0 Å². The first-order chi connectivity index (χ1) is 8.79. The van der Waals surface area contributed by atoms with Gasteiger partial charge in [-0.25, -0.2) is 0 Å². The van der Waals surface area contributed by atoms with Crippen LogP contribution in [-0.4, -0.2) is 26.4 Å². The summed E-state index contributed by atoms with van der Waals surface area (Å²) in [4.78, 5) is 0. The van der Waals surface area contributed by atoms with Crippen molar-refractivity contribution >= 4 is 17.3 Å². The summed E-state index contributed by atoms with van der Waals surface area (Å²) in [6, 6.07) is 5.61. The first kappa shape index (κ1) is 13.5. The van der Waals surface area contributed by atoms with E-state index in [9.17, 15) is 0 Å². The topological polar surface area (TPSA) is 30.5 Å². The minimum Gasteiger partial charge on any atom is -0.495 e. The molecule has 18 heavy (non-hydrogen) atoms. The summed E-state index contributed by atoms with van der Waals surface area (Å²) in [5.41, 5.74) is 0.956. The molecule has 1 heterocycles. The van der Waals surface area contributed by atoms with Crippen LogP contribution in [0.5, 0.6) is 5.75 Å². The molecule has 0 spiro atoms. The highest BCUT2D eigenvalue weighted by atomic mass is 35.5. The number of ether oxygens (including phenoxy) is 2. The summed E-state index contributed by atoms with van der Waals surface area (Å²) >= 11 is 5.97. The van der Waals surface area contributed by atoms with E-state index in [1.807, 2.05) is 18.2 Å². The van der Waals surface area contributed by atoms with Gasteiger partial charge in [0.05, 0.1) is 18.9 Å². The maximum atomic E-state index is 5.97. The zero-order chi connectivity index (χ0) is 12.8. The Balaban J connectivity index is 1.76. The van der Waals surface area contributed by atoms with Crippen molar-refractivity contribution in [2.24, 2.45) is 0 Å². The third-order valence-electron chi connectivity index (χ3n) is 3.20. The number of methoxy groups -OCH3 is 1. The zero-order valence-corrected chi connectivity index (χ0v) is 11.5. The van der Waals surface area contributed by atoms with Crippen LogP contribution in [0.15, 0.2) is 18.2 Å². The van der Waals surface area contributed by atoms with Crippen LogP contribution < -0.4 is 10.1 Å². The van der Waals surface area contributed by atoms with Crippen molar-refractivity contribution in [2.75, 3.05) is 25.6 Å². The van der Waals surface area contributed by atoms with Gasteiger partial charge in [-0.1, -0.05) is 11.6 Å². The van der Waals surface area contributed by atoms with Gasteiger partial charge in [-0.15, -0.1) is 0 Å². The van der Waals surface area contributed by atoms with Gasteiger partial charge in [0, 0.05) is 18.2 Å². The first-order valence-electron chi connectivity index (χ1n) is 6.48. The monoisotopic (exact) mass is 269 g/mol. The first-order valence-corrected chi connectivity index (χ1v) is 6.86. The standard InChI is InChI=1S/C14H20ClNO2/c1-17-14-7-6-11(15)10-13(14)16-8-2-4-12-5-3-9-18-12/h6-7,10,12,16H,2-5,8-9H2,1H3. The largest absolute Gasteiger partial charge is 0.495 e. The summed E-state index contributed by atoms with van der Waals surface area (Å²) < 4.78 is 10.9. The van der Waals surface area contributed by atoms with Crippen LogP contribution >= 0.6 is 11.6 Å². The lowest BCUT2D eigenvalue weighted by Gasteiger charge is -2.13. The van der Waals surface area contributed by atoms with Crippen LogP contribution in [0.4, 0.5) is 5.69 Å². The van der Waals surface area contributed by atoms with Crippen LogP contribution in [0.3, 0.4) is 0 Å². The Hall–Kier alpha value is -0.930. The molecule has 4 heteroatoms. The highest BCUT2D eigenvalue weighted by molar-refractivity contribution is 6.30. The Labute approximate surface area is 113 Å². The second kappa shape index (κ2) is 6.86. The third kappa shape index (κ3) is 3.79. The fraction of sp³-hybridized carbons (Fsp3) is 0.571. The maximum absolute atomic E-state index is 5.97. The molecule has 1 atom stereocenters. The summed E-state index contributed by atoms with van der Waals surface area (Å²) in [6.45, 7) is 1.84. The molecule has 0 bridgehead atoms. The van der Waals surface area contributed by atoms with Gasteiger partial charge in [0.25, 0.3) is 0 Å². The summed E-state index contributed by atoms with van der Waals surface area (Å²) in [7, 11) is 1.67. The maximum Gasteiger partial charge on any atom is 0.142 e. The molecule has 1 aromatic carbocycles. The average Bonchev–Trinajstić information content (AvgIpc) is 2.88. The minimum absolute atomic E-state index is 0.466. The van der Waals surface area contributed by atoms with E-state index in [2.05, 4.69) is 5.32 Å². The highest BCUT2D eigenvalue weighted by Crippen LogP contribution is 2.27. The number of hydrogen-bond acceptors (Lipinski definition) is 3. The predicted molar refractivity (Wildman–Crippen MR) is 74.7 cm³/mol. The number of rotatable bonds is 6. The average molecular weight is 270 g/mol. The molecule has 1 aromatic rings. The highest BCUT2D eigenvalue weighted by Gasteiger charge is 2.14. The minimum atomic E-state index is 0.466. The number of halogens is 1. The summed E-state index contributed by atoms with van der Waals surface area (Å²) in [6.07, 6.45) is 5.10. The Morgan fingerprint density at radius 2 is 2.39 bits per heavy atom. The van der Waals surface area contributed by atoms with E-state index in [0.717, 1.165) is 42.5 Å². The van der Waals surface area contributed by atoms with Gasteiger partial charge in [-0.2, -0.15) is 0 Å². The van der Waals surface area contributed by atoms with Crippen LogP contribution in [0.1, 0.15) is 25.7 Å². The smallest absolute Gasteiger partial charge is 0.142 e. The Bertz CT molecular complexity index is 378. The predicted octanol–water partition coefficient (Wildman–Crippen LogP) is 3.72. The van der Waals surface area contributed by atoms with Gasteiger partial charge in [0.1, 0.15) is 5.75 Å². The SMILES string of the molecule is COc1ccc(Cl)cc1NCCCC1CCCO1. The molecule has 1 aliphatic heterocycles. The Kier molecular flexibility index (Phi) is 5.14. The van der Waals surface area contributed by atoms with Crippen molar-refractivity contribution in [1.82, 2.24) is 0 Å². The lowest BCUT2D eigenvalue weighted by molar-refractivity contribution is 0.103. The summed E-state index contributed by atoms with van der Waals surface area (Å²) in [5.74, 6) is 0.830. The van der Waals surface area contributed by atoms with Crippen molar-refractivity contribution in [3.8, 4) is 5.75 Å². The van der Waals surface area contributed by atoms with E-state index in [0.29, 0.717) is 6.10 Å². The molecule has 3 nitrogen and oxygen atoms in total. The lowest BCUT2D eigenvalue weighted by Crippen LogP contribution is -2.09. The van der Waals surface area contributed by atoms with E-state index in [-0.39, 0.29) is 0 Å². The molecule has 1 saturated heterocycles. The molecule has 0 radical (unpaired) electrons. The molecule has 1 fully saturated rings. The molecule has 1 unspecified atom stereocenters. The molecular formula is C14H20ClNO2. The molecule has 0 aliphatic carbocycles. The van der Waals surface area contributed by atoms with E-state index in [1.54, 1.807) is 7.11 Å². The second-order valence-electron chi connectivity index (χ2n) is 4.55. The van der Waals surface area contributed by atoms with Crippen LogP contribution in [0, 0.1) is 0 Å². The van der Waals surface area contributed by atoms with E-state index >= 15 is 0 Å². The zero-order valence-electron chi connectivity index (χ0n) is 10.7. The fourth-order valence-corrected chi connectivity index (χ4v) is 2.42. The Morgan fingerprint density at radius 1 is 1.50 bits per heavy atom. The third-order valence-corrected chi connectivity index (χ3v) is 3.44.